The Hall–Kier alpha value is -3.31. The van der Waals surface area contributed by atoms with Gasteiger partial charge in [0.2, 0.25) is 6.79 Å². The molecule has 3 aromatic carbocycles. The third-order valence-corrected chi connectivity index (χ3v) is 6.42. The van der Waals surface area contributed by atoms with Crippen LogP contribution in [-0.4, -0.2) is 43.8 Å². The number of benzene rings is 3. The van der Waals surface area contributed by atoms with Crippen LogP contribution in [0.3, 0.4) is 0 Å². The van der Waals surface area contributed by atoms with E-state index in [1.807, 2.05) is 35.2 Å². The summed E-state index contributed by atoms with van der Waals surface area (Å²) < 4.78 is 10.9. The fourth-order valence-corrected chi connectivity index (χ4v) is 4.58. The van der Waals surface area contributed by atoms with E-state index in [1.54, 1.807) is 0 Å². The maximum Gasteiger partial charge on any atom is 0.254 e. The molecule has 1 saturated heterocycles. The van der Waals surface area contributed by atoms with E-state index in [0.717, 1.165) is 68.2 Å². The van der Waals surface area contributed by atoms with Gasteiger partial charge in [0.05, 0.1) is 26.2 Å². The first-order valence-corrected chi connectivity index (χ1v) is 11.4. The van der Waals surface area contributed by atoms with Crippen LogP contribution in [0.5, 0.6) is 11.5 Å². The first-order chi connectivity index (χ1) is 15.8. The van der Waals surface area contributed by atoms with Crippen molar-refractivity contribution in [3.63, 3.8) is 0 Å². The molecule has 0 radical (unpaired) electrons. The lowest BCUT2D eigenvalue weighted by atomic mass is 9.99. The fourth-order valence-electron chi connectivity index (χ4n) is 4.58. The highest BCUT2D eigenvalue weighted by molar-refractivity contribution is 5.95. The highest BCUT2D eigenvalue weighted by Gasteiger charge is 2.26. The molecule has 5 nitrogen and oxygen atoms in total. The molecule has 0 unspecified atom stereocenters. The molecule has 0 aromatic heterocycles. The first-order valence-electron chi connectivity index (χ1n) is 11.4. The fraction of sp³-hybridized carbons (Fsp3) is 0.296. The number of nitrogens with zero attached hydrogens (tertiary/aromatic N) is 1. The van der Waals surface area contributed by atoms with Crippen LogP contribution in [0.1, 0.15) is 27.0 Å². The van der Waals surface area contributed by atoms with Crippen molar-refractivity contribution in [2.75, 3.05) is 33.0 Å². The summed E-state index contributed by atoms with van der Waals surface area (Å²) in [5.74, 6) is 1.82. The zero-order valence-corrected chi connectivity index (χ0v) is 18.3. The van der Waals surface area contributed by atoms with Crippen LogP contribution in [0.15, 0.2) is 72.8 Å². The third kappa shape index (κ3) is 4.63. The molecule has 0 saturated carbocycles. The van der Waals surface area contributed by atoms with Gasteiger partial charge in [0.1, 0.15) is 6.54 Å². The minimum atomic E-state index is 0.163. The number of quaternary nitrogens is 1. The average Bonchev–Trinajstić information content (AvgIpc) is 3.32. The van der Waals surface area contributed by atoms with Crippen molar-refractivity contribution in [1.29, 1.82) is 0 Å². The SMILES string of the molecule is O=C(c1ccccc1CCc1ccccc1)N1CC[NH+](Cc2ccc3c(c2)OCO3)CC1. The van der Waals surface area contributed by atoms with Crippen LogP contribution in [0, 0.1) is 0 Å². The molecule has 5 rings (SSSR count). The Morgan fingerprint density at radius 2 is 1.56 bits per heavy atom. The molecule has 3 aromatic rings. The summed E-state index contributed by atoms with van der Waals surface area (Å²) in [6.07, 6.45) is 1.82. The topological polar surface area (TPSA) is 43.2 Å². The van der Waals surface area contributed by atoms with Gasteiger partial charge < -0.3 is 19.3 Å². The number of carbonyl (C=O) groups excluding carboxylic acids is 1. The molecular formula is C27H29N2O3+. The van der Waals surface area contributed by atoms with E-state index in [2.05, 4.69) is 42.5 Å². The Morgan fingerprint density at radius 3 is 2.41 bits per heavy atom. The Labute approximate surface area is 189 Å². The van der Waals surface area contributed by atoms with E-state index >= 15 is 0 Å². The Kier molecular flexibility index (Phi) is 6.08. The lowest BCUT2D eigenvalue weighted by molar-refractivity contribution is -0.917. The Morgan fingerprint density at radius 1 is 0.812 bits per heavy atom. The number of aryl methyl sites for hydroxylation is 2. The van der Waals surface area contributed by atoms with Crippen molar-refractivity contribution in [2.24, 2.45) is 0 Å². The minimum absolute atomic E-state index is 0.163. The number of fused-ring (bicyclic) bond motifs is 1. The number of amides is 1. The molecule has 1 N–H and O–H groups in total. The number of hydrogen-bond donors (Lipinski definition) is 1. The predicted octanol–water partition coefficient (Wildman–Crippen LogP) is 2.74. The predicted molar refractivity (Wildman–Crippen MR) is 123 cm³/mol. The molecule has 5 heteroatoms. The number of rotatable bonds is 6. The molecule has 164 valence electrons. The van der Waals surface area contributed by atoms with E-state index in [4.69, 9.17) is 9.47 Å². The summed E-state index contributed by atoms with van der Waals surface area (Å²) in [6.45, 7) is 4.71. The van der Waals surface area contributed by atoms with Crippen LogP contribution in [-0.2, 0) is 19.4 Å². The van der Waals surface area contributed by atoms with E-state index in [0.29, 0.717) is 6.79 Å². The van der Waals surface area contributed by atoms with E-state index < -0.39 is 0 Å². The second kappa shape index (κ2) is 9.45. The molecule has 2 aliphatic heterocycles. The molecule has 32 heavy (non-hydrogen) atoms. The number of carbonyl (C=O) groups is 1. The van der Waals surface area contributed by atoms with Gasteiger partial charge in [-0.3, -0.25) is 4.79 Å². The van der Waals surface area contributed by atoms with Gasteiger partial charge in [-0.1, -0.05) is 48.5 Å². The van der Waals surface area contributed by atoms with Crippen LogP contribution in [0.2, 0.25) is 0 Å². The lowest BCUT2D eigenvalue weighted by Crippen LogP contribution is -3.13. The summed E-state index contributed by atoms with van der Waals surface area (Å²) in [4.78, 5) is 16.8. The number of nitrogens with one attached hydrogen (secondary N) is 1. The minimum Gasteiger partial charge on any atom is -0.454 e. The van der Waals surface area contributed by atoms with Crippen molar-refractivity contribution in [3.05, 3.63) is 95.1 Å². The molecule has 2 aliphatic rings. The second-order valence-corrected chi connectivity index (χ2v) is 8.55. The molecule has 0 aliphatic carbocycles. The average molecular weight is 430 g/mol. The van der Waals surface area contributed by atoms with Crippen molar-refractivity contribution < 1.29 is 19.2 Å². The summed E-state index contributed by atoms with van der Waals surface area (Å²) in [7, 11) is 0. The smallest absolute Gasteiger partial charge is 0.254 e. The van der Waals surface area contributed by atoms with Gasteiger partial charge in [-0.25, -0.2) is 0 Å². The Bertz CT molecular complexity index is 1080. The maximum absolute atomic E-state index is 13.3. The normalized spacial score (nSPS) is 15.7. The van der Waals surface area contributed by atoms with E-state index in [1.165, 1.54) is 16.0 Å². The Balaban J connectivity index is 1.18. The highest BCUT2D eigenvalue weighted by atomic mass is 16.7. The third-order valence-electron chi connectivity index (χ3n) is 6.42. The second-order valence-electron chi connectivity index (χ2n) is 8.55. The largest absolute Gasteiger partial charge is 0.454 e. The van der Waals surface area contributed by atoms with Crippen molar-refractivity contribution in [3.8, 4) is 11.5 Å². The molecule has 0 atom stereocenters. The summed E-state index contributed by atoms with van der Waals surface area (Å²) in [6, 6.07) is 24.7. The van der Waals surface area contributed by atoms with E-state index in [9.17, 15) is 4.79 Å². The summed E-state index contributed by atoms with van der Waals surface area (Å²) in [5.41, 5.74) is 4.53. The van der Waals surface area contributed by atoms with Crippen LogP contribution < -0.4 is 14.4 Å². The van der Waals surface area contributed by atoms with Gasteiger partial charge in [0, 0.05) is 11.1 Å². The number of ether oxygens (including phenoxy) is 2. The van der Waals surface area contributed by atoms with Gasteiger partial charge in [-0.2, -0.15) is 0 Å². The highest BCUT2D eigenvalue weighted by Crippen LogP contribution is 2.32. The van der Waals surface area contributed by atoms with Gasteiger partial charge in [-0.15, -0.1) is 0 Å². The zero-order valence-electron chi connectivity index (χ0n) is 18.3. The van der Waals surface area contributed by atoms with Gasteiger partial charge >= 0.3 is 0 Å². The monoisotopic (exact) mass is 429 g/mol. The molecule has 1 amide bonds. The molecule has 0 spiro atoms. The zero-order chi connectivity index (χ0) is 21.8. The van der Waals surface area contributed by atoms with E-state index in [-0.39, 0.29) is 5.91 Å². The van der Waals surface area contributed by atoms with Crippen LogP contribution in [0.25, 0.3) is 0 Å². The quantitative estimate of drug-likeness (QED) is 0.655. The summed E-state index contributed by atoms with van der Waals surface area (Å²) >= 11 is 0. The lowest BCUT2D eigenvalue weighted by Gasteiger charge is -2.32. The van der Waals surface area contributed by atoms with Crippen molar-refractivity contribution in [1.82, 2.24) is 4.90 Å². The molecular weight excluding hydrogens is 400 g/mol. The number of piperazine rings is 1. The standard InChI is InChI=1S/C27H28N2O3/c30-27(24-9-5-4-8-23(24)12-10-21-6-2-1-3-7-21)29-16-14-28(15-17-29)19-22-11-13-25-26(18-22)32-20-31-25/h1-9,11,13,18H,10,12,14-17,19-20H2/p+1. The van der Waals surface area contributed by atoms with Crippen molar-refractivity contribution in [2.45, 2.75) is 19.4 Å². The van der Waals surface area contributed by atoms with Crippen molar-refractivity contribution >= 4 is 5.91 Å². The summed E-state index contributed by atoms with van der Waals surface area (Å²) in [5, 5.41) is 0. The molecule has 1 fully saturated rings. The van der Waals surface area contributed by atoms with Gasteiger partial charge in [-0.05, 0) is 48.2 Å². The molecule has 0 bridgehead atoms. The number of hydrogen-bond acceptors (Lipinski definition) is 3. The molecule has 2 heterocycles. The van der Waals surface area contributed by atoms with Gasteiger partial charge in [0.15, 0.2) is 11.5 Å². The van der Waals surface area contributed by atoms with Gasteiger partial charge in [0.25, 0.3) is 5.91 Å². The van der Waals surface area contributed by atoms with Crippen LogP contribution in [0.4, 0.5) is 0 Å². The maximum atomic E-state index is 13.3. The van der Waals surface area contributed by atoms with Crippen LogP contribution >= 0.6 is 0 Å². The first kappa shape index (κ1) is 20.6.